The molecular weight excluding hydrogens is 459 g/mol. The lowest BCUT2D eigenvalue weighted by Crippen LogP contribution is -1.98. The van der Waals surface area contributed by atoms with Gasteiger partial charge in [-0.15, -0.1) is 0 Å². The molecule has 0 radical (unpaired) electrons. The van der Waals surface area contributed by atoms with E-state index in [1.165, 1.54) is 95.0 Å². The minimum atomic E-state index is 0.796. The summed E-state index contributed by atoms with van der Waals surface area (Å²) < 4.78 is 5.01. The fourth-order valence-corrected chi connectivity index (χ4v) is 5.85. The molecule has 0 saturated carbocycles. The quantitative estimate of drug-likeness (QED) is 0.171. The van der Waals surface area contributed by atoms with Crippen LogP contribution in [0, 0.1) is 0 Å². The summed E-state index contributed by atoms with van der Waals surface area (Å²) in [6.45, 7) is 6.60. The lowest BCUT2D eigenvalue weighted by molar-refractivity contribution is 0.601. The minimum Gasteiger partial charge on any atom is -0.340 e. The number of halogens is 2. The summed E-state index contributed by atoms with van der Waals surface area (Å²) >= 11 is 12.9. The highest BCUT2D eigenvalue weighted by Crippen LogP contribution is 2.38. The molecule has 4 heteroatoms. The van der Waals surface area contributed by atoms with Crippen LogP contribution in [0.2, 0.25) is 10.0 Å². The topological polar surface area (TPSA) is 9.86 Å². The van der Waals surface area contributed by atoms with E-state index < -0.39 is 0 Å². The van der Waals surface area contributed by atoms with Crippen LogP contribution in [0.1, 0.15) is 65.2 Å². The maximum Gasteiger partial charge on any atom is 0.0499 e. The van der Waals surface area contributed by atoms with E-state index in [2.05, 4.69) is 59.4 Å². The van der Waals surface area contributed by atoms with Crippen LogP contribution >= 0.6 is 23.2 Å². The molecule has 0 aliphatic rings. The Labute approximate surface area is 212 Å². The first-order valence-corrected chi connectivity index (χ1v) is 13.7. The number of fused-ring (bicyclic) bond motifs is 6. The summed E-state index contributed by atoms with van der Waals surface area (Å²) in [6.07, 6.45) is 10.00. The van der Waals surface area contributed by atoms with E-state index in [-0.39, 0.29) is 0 Å². The van der Waals surface area contributed by atoms with Gasteiger partial charge in [-0.05, 0) is 61.4 Å². The van der Waals surface area contributed by atoms with Gasteiger partial charge in [-0.3, -0.25) is 0 Å². The molecule has 0 fully saturated rings. The number of aryl methyl sites for hydroxylation is 2. The van der Waals surface area contributed by atoms with E-state index in [1.54, 1.807) is 0 Å². The molecule has 34 heavy (non-hydrogen) atoms. The standard InChI is InChI=1S/C30H34Cl2N2/c1-3-5-7-9-15-33-27-13-11-21(31)17-23(27)25-20-30-26(19-29(25)33)24-18-22(32)12-14-28(24)34(30)16-10-8-6-4-2/h11-14,17-20H,3-10,15-16H2,1-2H3. The number of hydrogen-bond donors (Lipinski definition) is 0. The van der Waals surface area contributed by atoms with Crippen molar-refractivity contribution in [1.82, 2.24) is 9.13 Å². The second-order valence-corrected chi connectivity index (χ2v) is 10.5. The molecule has 0 spiro atoms. The normalized spacial score (nSPS) is 12.1. The number of nitrogens with zero attached hydrogens (tertiary/aromatic N) is 2. The molecular formula is C30H34Cl2N2. The van der Waals surface area contributed by atoms with Crippen LogP contribution in [-0.2, 0) is 13.1 Å². The van der Waals surface area contributed by atoms with Crippen molar-refractivity contribution in [2.75, 3.05) is 0 Å². The molecule has 0 aliphatic heterocycles. The van der Waals surface area contributed by atoms with Gasteiger partial charge in [0.2, 0.25) is 0 Å². The zero-order chi connectivity index (χ0) is 23.7. The smallest absolute Gasteiger partial charge is 0.0499 e. The van der Waals surface area contributed by atoms with Gasteiger partial charge in [-0.1, -0.05) is 75.6 Å². The van der Waals surface area contributed by atoms with E-state index in [0.717, 1.165) is 23.1 Å². The molecule has 2 aromatic heterocycles. The fraction of sp³-hybridized carbons (Fsp3) is 0.400. The molecule has 0 unspecified atom stereocenters. The van der Waals surface area contributed by atoms with E-state index in [9.17, 15) is 0 Å². The van der Waals surface area contributed by atoms with E-state index >= 15 is 0 Å². The third kappa shape index (κ3) is 4.32. The van der Waals surface area contributed by atoms with Gasteiger partial charge in [0, 0.05) is 66.7 Å². The van der Waals surface area contributed by atoms with Gasteiger partial charge in [0.15, 0.2) is 0 Å². The molecule has 2 heterocycles. The number of benzene rings is 3. The number of hydrogen-bond acceptors (Lipinski definition) is 0. The monoisotopic (exact) mass is 492 g/mol. The van der Waals surface area contributed by atoms with Crippen molar-refractivity contribution < 1.29 is 0 Å². The van der Waals surface area contributed by atoms with E-state index in [1.807, 2.05) is 12.1 Å². The van der Waals surface area contributed by atoms with Gasteiger partial charge in [0.25, 0.3) is 0 Å². The average Bonchev–Trinajstić information content (AvgIpc) is 3.29. The Bertz CT molecular complexity index is 1350. The predicted molar refractivity (Wildman–Crippen MR) is 151 cm³/mol. The maximum atomic E-state index is 6.47. The third-order valence-corrected chi connectivity index (χ3v) is 7.72. The van der Waals surface area contributed by atoms with Gasteiger partial charge in [0.05, 0.1) is 0 Å². The predicted octanol–water partition coefficient (Wildman–Crippen LogP) is 10.4. The van der Waals surface area contributed by atoms with Crippen molar-refractivity contribution >= 4 is 66.8 Å². The van der Waals surface area contributed by atoms with Crippen LogP contribution in [0.3, 0.4) is 0 Å². The number of aromatic nitrogens is 2. The van der Waals surface area contributed by atoms with E-state index in [0.29, 0.717) is 0 Å². The van der Waals surface area contributed by atoms with Crippen molar-refractivity contribution in [2.45, 2.75) is 78.3 Å². The van der Waals surface area contributed by atoms with Crippen molar-refractivity contribution in [3.05, 3.63) is 58.6 Å². The van der Waals surface area contributed by atoms with Crippen LogP contribution in [0.15, 0.2) is 48.5 Å². The van der Waals surface area contributed by atoms with Crippen LogP contribution in [-0.4, -0.2) is 9.13 Å². The zero-order valence-electron chi connectivity index (χ0n) is 20.3. The molecule has 5 aromatic rings. The van der Waals surface area contributed by atoms with E-state index in [4.69, 9.17) is 23.2 Å². The Morgan fingerprint density at radius 3 is 1.32 bits per heavy atom. The molecule has 0 bridgehead atoms. The minimum absolute atomic E-state index is 0.796. The maximum absolute atomic E-state index is 6.47. The average molecular weight is 494 g/mol. The van der Waals surface area contributed by atoms with Gasteiger partial charge < -0.3 is 9.13 Å². The highest BCUT2D eigenvalue weighted by Gasteiger charge is 2.17. The molecule has 0 amide bonds. The second-order valence-electron chi connectivity index (χ2n) is 9.63. The molecule has 0 aliphatic carbocycles. The molecule has 0 atom stereocenters. The lowest BCUT2D eigenvalue weighted by atomic mass is 10.1. The van der Waals surface area contributed by atoms with Crippen LogP contribution in [0.5, 0.6) is 0 Å². The summed E-state index contributed by atoms with van der Waals surface area (Å²) in [5.74, 6) is 0. The summed E-state index contributed by atoms with van der Waals surface area (Å²) in [6, 6.07) is 17.5. The van der Waals surface area contributed by atoms with Crippen molar-refractivity contribution in [3.63, 3.8) is 0 Å². The van der Waals surface area contributed by atoms with Crippen molar-refractivity contribution in [1.29, 1.82) is 0 Å². The van der Waals surface area contributed by atoms with Crippen LogP contribution < -0.4 is 0 Å². The first-order valence-electron chi connectivity index (χ1n) is 12.9. The molecule has 178 valence electrons. The largest absolute Gasteiger partial charge is 0.340 e. The third-order valence-electron chi connectivity index (χ3n) is 7.25. The van der Waals surface area contributed by atoms with Gasteiger partial charge in [0.1, 0.15) is 0 Å². The zero-order valence-corrected chi connectivity index (χ0v) is 21.9. The highest BCUT2D eigenvalue weighted by molar-refractivity contribution is 6.33. The molecule has 0 N–H and O–H groups in total. The van der Waals surface area contributed by atoms with Gasteiger partial charge in [-0.2, -0.15) is 0 Å². The number of unbranched alkanes of at least 4 members (excludes halogenated alkanes) is 6. The molecule has 2 nitrogen and oxygen atoms in total. The first kappa shape index (κ1) is 23.6. The Morgan fingerprint density at radius 2 is 0.912 bits per heavy atom. The Morgan fingerprint density at radius 1 is 0.500 bits per heavy atom. The SMILES string of the molecule is CCCCCCn1c2ccc(Cl)cc2c2cc3c(cc21)c1cc(Cl)ccc1n3CCCCCC. The summed E-state index contributed by atoms with van der Waals surface area (Å²) in [7, 11) is 0. The Kier molecular flexibility index (Phi) is 7.09. The highest BCUT2D eigenvalue weighted by atomic mass is 35.5. The van der Waals surface area contributed by atoms with Crippen LogP contribution in [0.25, 0.3) is 43.6 Å². The lowest BCUT2D eigenvalue weighted by Gasteiger charge is -2.09. The van der Waals surface area contributed by atoms with Crippen LogP contribution in [0.4, 0.5) is 0 Å². The Balaban J connectivity index is 1.73. The Hall–Kier alpha value is -2.16. The number of rotatable bonds is 10. The molecule has 5 rings (SSSR count). The second kappa shape index (κ2) is 10.2. The molecule has 3 aromatic carbocycles. The summed E-state index contributed by atoms with van der Waals surface area (Å²) in [5.41, 5.74) is 5.15. The summed E-state index contributed by atoms with van der Waals surface area (Å²) in [5, 5.41) is 6.68. The van der Waals surface area contributed by atoms with Crippen molar-refractivity contribution in [2.24, 2.45) is 0 Å². The molecule has 0 saturated heterocycles. The van der Waals surface area contributed by atoms with Gasteiger partial charge >= 0.3 is 0 Å². The summed E-state index contributed by atoms with van der Waals surface area (Å²) in [4.78, 5) is 0. The first-order chi connectivity index (χ1) is 16.6. The van der Waals surface area contributed by atoms with Gasteiger partial charge in [-0.25, -0.2) is 0 Å². The van der Waals surface area contributed by atoms with Crippen molar-refractivity contribution in [3.8, 4) is 0 Å². The fourth-order valence-electron chi connectivity index (χ4n) is 5.51.